The average Bonchev–Trinajstić information content (AvgIpc) is 2.04. The van der Waals surface area contributed by atoms with E-state index in [0.29, 0.717) is 12.6 Å². The Kier molecular flexibility index (Phi) is 5.30. The lowest BCUT2D eigenvalue weighted by Crippen LogP contribution is -2.39. The predicted octanol–water partition coefficient (Wildman–Crippen LogP) is -0.0161. The van der Waals surface area contributed by atoms with Crippen molar-refractivity contribution in [2.24, 2.45) is 0 Å². The second kappa shape index (κ2) is 5.70. The highest BCUT2D eigenvalue weighted by Crippen LogP contribution is 1.94. The number of rotatable bonds is 5. The molecule has 0 saturated heterocycles. The van der Waals surface area contributed by atoms with Gasteiger partial charge in [0.2, 0.25) is 5.91 Å². The molecule has 0 aliphatic rings. The molecule has 4 nitrogen and oxygen atoms in total. The second-order valence-corrected chi connectivity index (χ2v) is 3.45. The Morgan fingerprint density at radius 3 is 2.31 bits per heavy atom. The summed E-state index contributed by atoms with van der Waals surface area (Å²) in [7, 11) is 3.52. The molecule has 0 radical (unpaired) electrons. The standard InChI is InChI=1S/C9H18N2O2/c1-8(2)11(4)7-9(13)10(3)5-6-12/h6,8H,5,7H2,1-4H3. The van der Waals surface area contributed by atoms with E-state index in [9.17, 15) is 9.59 Å². The van der Waals surface area contributed by atoms with Gasteiger partial charge in [-0.3, -0.25) is 9.69 Å². The predicted molar refractivity (Wildman–Crippen MR) is 51.5 cm³/mol. The minimum atomic E-state index is -0.0247. The zero-order valence-corrected chi connectivity index (χ0v) is 8.78. The van der Waals surface area contributed by atoms with Crippen LogP contribution in [0.25, 0.3) is 0 Å². The monoisotopic (exact) mass is 186 g/mol. The van der Waals surface area contributed by atoms with Crippen LogP contribution in [0.15, 0.2) is 0 Å². The molecule has 4 heteroatoms. The van der Waals surface area contributed by atoms with E-state index >= 15 is 0 Å². The number of likely N-dealkylation sites (N-methyl/N-ethyl adjacent to an activating group) is 2. The second-order valence-electron chi connectivity index (χ2n) is 3.45. The van der Waals surface area contributed by atoms with Gasteiger partial charge in [0.05, 0.1) is 13.1 Å². The van der Waals surface area contributed by atoms with E-state index in [-0.39, 0.29) is 12.5 Å². The molecule has 0 aliphatic heterocycles. The summed E-state index contributed by atoms with van der Waals surface area (Å²) >= 11 is 0. The average molecular weight is 186 g/mol. The maximum atomic E-state index is 11.4. The van der Waals surface area contributed by atoms with Gasteiger partial charge in [-0.25, -0.2) is 0 Å². The van der Waals surface area contributed by atoms with E-state index in [1.165, 1.54) is 4.90 Å². The number of aldehydes is 1. The van der Waals surface area contributed by atoms with E-state index in [1.54, 1.807) is 7.05 Å². The molecule has 0 rings (SSSR count). The van der Waals surface area contributed by atoms with Gasteiger partial charge in [0.1, 0.15) is 6.29 Å². The molecule has 0 unspecified atom stereocenters. The Bertz CT molecular complexity index is 180. The van der Waals surface area contributed by atoms with Crippen LogP contribution in [-0.2, 0) is 9.59 Å². The molecule has 0 N–H and O–H groups in total. The highest BCUT2D eigenvalue weighted by Gasteiger charge is 2.12. The Labute approximate surface area is 79.5 Å². The van der Waals surface area contributed by atoms with Crippen molar-refractivity contribution in [3.8, 4) is 0 Å². The zero-order chi connectivity index (χ0) is 10.4. The fraction of sp³-hybridized carbons (Fsp3) is 0.778. The molecular formula is C9H18N2O2. The van der Waals surface area contributed by atoms with Gasteiger partial charge in [-0.05, 0) is 20.9 Å². The normalized spacial score (nSPS) is 10.6. The molecule has 0 aromatic carbocycles. The summed E-state index contributed by atoms with van der Waals surface area (Å²) in [5, 5.41) is 0. The highest BCUT2D eigenvalue weighted by atomic mass is 16.2. The Hall–Kier alpha value is -0.900. The molecule has 0 bridgehead atoms. The van der Waals surface area contributed by atoms with E-state index in [4.69, 9.17) is 0 Å². The molecule has 13 heavy (non-hydrogen) atoms. The van der Waals surface area contributed by atoms with E-state index in [2.05, 4.69) is 0 Å². The van der Waals surface area contributed by atoms with Gasteiger partial charge in [-0.15, -0.1) is 0 Å². The summed E-state index contributed by atoms with van der Waals surface area (Å²) in [6.07, 6.45) is 0.729. The maximum absolute atomic E-state index is 11.4. The summed E-state index contributed by atoms with van der Waals surface area (Å²) in [5.74, 6) is -0.0247. The largest absolute Gasteiger partial charge is 0.338 e. The number of amides is 1. The van der Waals surface area contributed by atoms with Crippen molar-refractivity contribution in [3.63, 3.8) is 0 Å². The summed E-state index contributed by atoms with van der Waals surface area (Å²) < 4.78 is 0. The minimum absolute atomic E-state index is 0.0247. The SMILES string of the molecule is CC(C)N(C)CC(=O)N(C)CC=O. The molecule has 0 spiro atoms. The summed E-state index contributed by atoms with van der Waals surface area (Å²) in [6.45, 7) is 4.58. The first-order valence-corrected chi connectivity index (χ1v) is 4.37. The van der Waals surface area contributed by atoms with Crippen molar-refractivity contribution >= 4 is 12.2 Å². The third-order valence-electron chi connectivity index (χ3n) is 2.04. The van der Waals surface area contributed by atoms with Crippen LogP contribution in [0.2, 0.25) is 0 Å². The first-order valence-electron chi connectivity index (χ1n) is 4.37. The van der Waals surface area contributed by atoms with Crippen molar-refractivity contribution in [2.45, 2.75) is 19.9 Å². The number of hydrogen-bond acceptors (Lipinski definition) is 3. The topological polar surface area (TPSA) is 40.6 Å². The lowest BCUT2D eigenvalue weighted by molar-refractivity contribution is -0.132. The van der Waals surface area contributed by atoms with Crippen LogP contribution in [0.4, 0.5) is 0 Å². The first kappa shape index (κ1) is 12.1. The molecular weight excluding hydrogens is 168 g/mol. The van der Waals surface area contributed by atoms with Crippen LogP contribution in [0.3, 0.4) is 0 Å². The van der Waals surface area contributed by atoms with Gasteiger partial charge in [0, 0.05) is 13.1 Å². The molecule has 0 heterocycles. The summed E-state index contributed by atoms with van der Waals surface area (Å²) in [4.78, 5) is 24.9. The lowest BCUT2D eigenvalue weighted by atomic mass is 10.3. The van der Waals surface area contributed by atoms with Crippen LogP contribution in [0, 0.1) is 0 Å². The van der Waals surface area contributed by atoms with Crippen molar-refractivity contribution in [2.75, 3.05) is 27.2 Å². The van der Waals surface area contributed by atoms with E-state index in [0.717, 1.165) is 6.29 Å². The number of hydrogen-bond donors (Lipinski definition) is 0. The Balaban J connectivity index is 3.92. The van der Waals surface area contributed by atoms with Gasteiger partial charge in [0.15, 0.2) is 0 Å². The summed E-state index contributed by atoms with van der Waals surface area (Å²) in [5.41, 5.74) is 0. The van der Waals surface area contributed by atoms with Gasteiger partial charge in [-0.2, -0.15) is 0 Å². The Morgan fingerprint density at radius 2 is 1.92 bits per heavy atom. The third kappa shape index (κ3) is 4.62. The van der Waals surface area contributed by atoms with Gasteiger partial charge in [-0.1, -0.05) is 0 Å². The van der Waals surface area contributed by atoms with Crippen molar-refractivity contribution in [3.05, 3.63) is 0 Å². The Morgan fingerprint density at radius 1 is 1.38 bits per heavy atom. The molecule has 0 aliphatic carbocycles. The quantitative estimate of drug-likeness (QED) is 0.567. The van der Waals surface area contributed by atoms with E-state index < -0.39 is 0 Å². The van der Waals surface area contributed by atoms with Crippen LogP contribution in [0.5, 0.6) is 0 Å². The van der Waals surface area contributed by atoms with Crippen LogP contribution >= 0.6 is 0 Å². The number of carbonyl (C=O) groups is 2. The first-order chi connectivity index (χ1) is 5.99. The number of nitrogens with zero attached hydrogens (tertiary/aromatic N) is 2. The molecule has 0 saturated carbocycles. The minimum Gasteiger partial charge on any atom is -0.338 e. The molecule has 0 aromatic rings. The van der Waals surface area contributed by atoms with Crippen molar-refractivity contribution in [1.82, 2.24) is 9.80 Å². The molecule has 0 atom stereocenters. The highest BCUT2D eigenvalue weighted by molar-refractivity contribution is 5.80. The molecule has 0 aromatic heterocycles. The fourth-order valence-corrected chi connectivity index (χ4v) is 0.730. The third-order valence-corrected chi connectivity index (χ3v) is 2.04. The van der Waals surface area contributed by atoms with Gasteiger partial charge in [0.25, 0.3) is 0 Å². The number of carbonyl (C=O) groups excluding carboxylic acids is 2. The van der Waals surface area contributed by atoms with Gasteiger partial charge >= 0.3 is 0 Å². The smallest absolute Gasteiger partial charge is 0.236 e. The van der Waals surface area contributed by atoms with Crippen molar-refractivity contribution < 1.29 is 9.59 Å². The fourth-order valence-electron chi connectivity index (χ4n) is 0.730. The van der Waals surface area contributed by atoms with Gasteiger partial charge < -0.3 is 9.69 Å². The summed E-state index contributed by atoms with van der Waals surface area (Å²) in [6, 6.07) is 0.341. The molecule has 1 amide bonds. The maximum Gasteiger partial charge on any atom is 0.236 e. The molecule has 76 valence electrons. The van der Waals surface area contributed by atoms with E-state index in [1.807, 2.05) is 25.8 Å². The van der Waals surface area contributed by atoms with Crippen LogP contribution in [0.1, 0.15) is 13.8 Å². The van der Waals surface area contributed by atoms with Crippen molar-refractivity contribution in [1.29, 1.82) is 0 Å². The van der Waals surface area contributed by atoms with Crippen LogP contribution in [-0.4, -0.2) is 55.2 Å². The zero-order valence-electron chi connectivity index (χ0n) is 8.78. The lowest BCUT2D eigenvalue weighted by Gasteiger charge is -2.23. The molecule has 0 fully saturated rings. The van der Waals surface area contributed by atoms with Crippen LogP contribution < -0.4 is 0 Å².